The standard InChI is InChI=1S/C92H99N3O21/c1-92(2,3)91(97)116-84-80(101-52-63-37-19-7-20-38-63)77(69(56-98-49-60-31-13-4-14-32-60)108-88(84)104-55-66-43-25-10-26-44-66)114-89-82(102-53-64-39-21-8-22-40-64)79(100-51-62-35-17-6-18-36-62)76(70(109-89)57-99-50-61-33-15-5-16-34-61)113-90-83(103-54-65-41-23-9-24-42-65)81(78-72(110-90)59-106-86(112-78)68-47-29-12-30-48-68)115-87-73(94-95-93)74(96)75-71(107-87)58-105-85(111-75)67-45-27-11-28-46-67/h4-48,69-90,96H,49-59H2,1-3H3/t69-,70-,71-,72-,73-,74-,75+,76+,77-,78+,79+,80+,81+,82-,83-,84-,85+,86+,87+,88-,89+,90-/m1/s1. The summed E-state index contributed by atoms with van der Waals surface area (Å²) in [7, 11) is 0. The maximum atomic E-state index is 14.8. The number of nitrogens with zero attached hydrogens (tertiary/aromatic N) is 3. The van der Waals surface area contributed by atoms with E-state index in [1.807, 2.05) is 273 Å². The van der Waals surface area contributed by atoms with Crippen LogP contribution in [0, 0.1) is 5.41 Å². The number of hydrogen-bond donors (Lipinski definition) is 1. The van der Waals surface area contributed by atoms with Crippen LogP contribution in [0.1, 0.15) is 83.4 Å². The number of ether oxygens (including phenoxy) is 19. The zero-order valence-electron chi connectivity index (χ0n) is 64.9. The Morgan fingerprint density at radius 2 is 0.707 bits per heavy atom. The highest BCUT2D eigenvalue weighted by Gasteiger charge is 2.60. The van der Waals surface area contributed by atoms with Gasteiger partial charge in [-0.15, -0.1) is 0 Å². The van der Waals surface area contributed by atoms with Crippen molar-refractivity contribution in [3.8, 4) is 0 Å². The number of aliphatic hydroxyl groups is 1. The van der Waals surface area contributed by atoms with Crippen LogP contribution in [0.5, 0.6) is 0 Å². The van der Waals surface area contributed by atoms with E-state index < -0.39 is 147 Å². The van der Waals surface area contributed by atoms with Crippen LogP contribution in [0.25, 0.3) is 10.4 Å². The molecule has 0 radical (unpaired) electrons. The molecule has 0 aromatic heterocycles. The fourth-order valence-corrected chi connectivity index (χ4v) is 15.0. The Labute approximate surface area is 675 Å². The number of esters is 1. The smallest absolute Gasteiger partial charge is 0.311 e. The van der Waals surface area contributed by atoms with E-state index >= 15 is 0 Å². The highest BCUT2D eigenvalue weighted by molar-refractivity contribution is 5.75. The van der Waals surface area contributed by atoms with Gasteiger partial charge in [-0.1, -0.05) is 278 Å². The molecule has 9 aromatic rings. The van der Waals surface area contributed by atoms with Crippen molar-refractivity contribution in [1.29, 1.82) is 0 Å². The van der Waals surface area contributed by atoms with E-state index in [0.29, 0.717) is 5.56 Å². The lowest BCUT2D eigenvalue weighted by Gasteiger charge is -2.53. The third kappa shape index (κ3) is 21.3. The first-order valence-electron chi connectivity index (χ1n) is 39.6. The minimum absolute atomic E-state index is 0.000279. The summed E-state index contributed by atoms with van der Waals surface area (Å²) < 4.78 is 135. The maximum absolute atomic E-state index is 14.8. The van der Waals surface area contributed by atoms with Gasteiger partial charge in [-0.25, -0.2) is 0 Å². The van der Waals surface area contributed by atoms with Gasteiger partial charge < -0.3 is 95.1 Å². The van der Waals surface area contributed by atoms with Crippen LogP contribution in [0.4, 0.5) is 0 Å². The summed E-state index contributed by atoms with van der Waals surface area (Å²) in [5.41, 5.74) is 16.6. The van der Waals surface area contributed by atoms with Crippen molar-refractivity contribution in [2.24, 2.45) is 10.5 Å². The van der Waals surface area contributed by atoms with Gasteiger partial charge in [-0.2, -0.15) is 0 Å². The van der Waals surface area contributed by atoms with E-state index in [1.165, 1.54) is 0 Å². The number of carbonyl (C=O) groups excluding carboxylic acids is 1. The zero-order chi connectivity index (χ0) is 79.4. The van der Waals surface area contributed by atoms with Gasteiger partial charge >= 0.3 is 5.97 Å². The minimum Gasteiger partial charge on any atom is -0.454 e. The second-order valence-corrected chi connectivity index (χ2v) is 30.5. The van der Waals surface area contributed by atoms with Crippen molar-refractivity contribution in [2.45, 2.75) is 202 Å². The fraction of sp³-hybridized carbons (Fsp3) is 0.402. The molecule has 0 saturated carbocycles. The van der Waals surface area contributed by atoms with Crippen LogP contribution in [-0.4, -0.2) is 160 Å². The molecule has 6 saturated heterocycles. The van der Waals surface area contributed by atoms with E-state index in [2.05, 4.69) is 10.0 Å². The van der Waals surface area contributed by atoms with E-state index in [9.17, 15) is 15.4 Å². The van der Waals surface area contributed by atoms with Crippen LogP contribution in [-0.2, 0) is 141 Å². The molecule has 608 valence electrons. The Morgan fingerprint density at radius 1 is 0.379 bits per heavy atom. The third-order valence-electron chi connectivity index (χ3n) is 21.0. The van der Waals surface area contributed by atoms with Gasteiger partial charge in [0, 0.05) is 16.0 Å². The van der Waals surface area contributed by atoms with E-state index in [0.717, 1.165) is 44.5 Å². The molecule has 116 heavy (non-hydrogen) atoms. The second kappa shape index (κ2) is 40.4. The molecule has 24 nitrogen and oxygen atoms in total. The molecule has 0 unspecified atom stereocenters. The number of hydrogen-bond acceptors (Lipinski definition) is 22. The third-order valence-corrected chi connectivity index (χ3v) is 21.0. The summed E-state index contributed by atoms with van der Waals surface area (Å²) in [6.45, 7) is 5.34. The van der Waals surface area contributed by atoms with Crippen LogP contribution >= 0.6 is 0 Å². The Hall–Kier alpha value is -9.00. The monoisotopic (exact) mass is 1580 g/mol. The highest BCUT2D eigenvalue weighted by Crippen LogP contribution is 2.44. The normalized spacial score (nSPS) is 29.9. The average Bonchev–Trinajstić information content (AvgIpc) is 0.753. The van der Waals surface area contributed by atoms with Gasteiger partial charge in [0.2, 0.25) is 0 Å². The first-order valence-corrected chi connectivity index (χ1v) is 39.6. The number of carbonyl (C=O) groups is 1. The van der Waals surface area contributed by atoms with Gasteiger partial charge in [0.05, 0.1) is 84.2 Å². The van der Waals surface area contributed by atoms with Crippen molar-refractivity contribution in [3.63, 3.8) is 0 Å². The minimum atomic E-state index is -1.50. The molecule has 6 aliphatic rings. The lowest BCUT2D eigenvalue weighted by molar-refractivity contribution is -0.416. The Balaban J connectivity index is 0.851. The molecule has 0 aliphatic carbocycles. The van der Waals surface area contributed by atoms with Crippen LogP contribution in [0.3, 0.4) is 0 Å². The van der Waals surface area contributed by atoms with Gasteiger partial charge in [-0.3, -0.25) is 4.79 Å². The van der Waals surface area contributed by atoms with Crippen molar-refractivity contribution in [3.05, 3.63) is 334 Å². The predicted octanol–water partition coefficient (Wildman–Crippen LogP) is 14.3. The lowest BCUT2D eigenvalue weighted by Crippen LogP contribution is -2.69. The molecule has 22 atom stereocenters. The van der Waals surface area contributed by atoms with Gasteiger partial charge in [0.15, 0.2) is 43.8 Å². The Kier molecular flexibility index (Phi) is 28.6. The van der Waals surface area contributed by atoms with Crippen LogP contribution in [0.2, 0.25) is 0 Å². The molecule has 1 N–H and O–H groups in total. The first kappa shape index (κ1) is 82.1. The highest BCUT2D eigenvalue weighted by atomic mass is 16.8. The van der Waals surface area contributed by atoms with E-state index in [-0.39, 0.29) is 72.7 Å². The Morgan fingerprint density at radius 3 is 1.12 bits per heavy atom. The average molecular weight is 1580 g/mol. The molecule has 6 fully saturated rings. The number of fused-ring (bicyclic) bond motifs is 2. The van der Waals surface area contributed by atoms with Crippen LogP contribution in [0.15, 0.2) is 278 Å². The molecule has 24 heteroatoms. The summed E-state index contributed by atoms with van der Waals surface area (Å²) in [6.07, 6.45) is -25.3. The SMILES string of the molecule is CC(C)(C)C(=O)O[C@H]1[C@H](OCc2ccccc2)O[C@H](COCc2ccccc2)[C@@H](O[C@@H]2O[C@H](COCc3ccccc3)[C@H](O[C@H]3O[C@@H]4CO[C@H](c5ccccc5)O[C@@H]4[C@H](O[C@@H]4O[C@@H]5CO[C@H](c6ccccc6)O[C@@H]5[C@H](O)[C@H]4N=[N+]=[N-])[C@H]3OCc3ccccc3)[C@H](OCc3ccccc3)[C@H]2OCc2ccccc2)[C@@H]1OCc1ccccc1. The number of benzene rings is 9. The lowest BCUT2D eigenvalue weighted by atomic mass is 9.93. The number of aliphatic hydroxyl groups excluding tert-OH is 1. The van der Waals surface area contributed by atoms with Crippen molar-refractivity contribution < 1.29 is 99.9 Å². The van der Waals surface area contributed by atoms with Gasteiger partial charge in [0.1, 0.15) is 85.4 Å². The molecule has 0 amide bonds. The fourth-order valence-electron chi connectivity index (χ4n) is 15.0. The topological polar surface area (TPSA) is 261 Å². The van der Waals surface area contributed by atoms with Crippen molar-refractivity contribution >= 4 is 5.97 Å². The molecular formula is C92H99N3O21. The van der Waals surface area contributed by atoms with Crippen molar-refractivity contribution in [2.75, 3.05) is 26.4 Å². The largest absolute Gasteiger partial charge is 0.454 e. The van der Waals surface area contributed by atoms with Crippen molar-refractivity contribution in [1.82, 2.24) is 0 Å². The quantitative estimate of drug-likeness (QED) is 0.0173. The Bertz CT molecular complexity index is 4460. The van der Waals surface area contributed by atoms with E-state index in [4.69, 9.17) is 90.0 Å². The molecular weight excluding hydrogens is 1480 g/mol. The van der Waals surface area contributed by atoms with Gasteiger partial charge in [0.25, 0.3) is 0 Å². The van der Waals surface area contributed by atoms with Gasteiger partial charge in [-0.05, 0) is 65.2 Å². The molecule has 15 rings (SSSR count). The summed E-state index contributed by atoms with van der Waals surface area (Å²) in [5.74, 6) is -0.552. The van der Waals surface area contributed by atoms with Crippen LogP contribution < -0.4 is 0 Å². The summed E-state index contributed by atoms with van der Waals surface area (Å²) in [6, 6.07) is 85.2. The zero-order valence-corrected chi connectivity index (χ0v) is 64.9. The maximum Gasteiger partial charge on any atom is 0.311 e. The molecule has 6 heterocycles. The second-order valence-electron chi connectivity index (χ2n) is 30.5. The summed E-state index contributed by atoms with van der Waals surface area (Å²) in [4.78, 5) is 18.0. The number of azide groups is 1. The first-order chi connectivity index (χ1) is 56.9. The molecule has 0 bridgehead atoms. The number of rotatable bonds is 33. The summed E-state index contributed by atoms with van der Waals surface area (Å²) in [5, 5.41) is 16.7. The molecule has 0 spiro atoms. The predicted molar refractivity (Wildman–Crippen MR) is 421 cm³/mol. The summed E-state index contributed by atoms with van der Waals surface area (Å²) >= 11 is 0. The van der Waals surface area contributed by atoms with E-state index in [1.54, 1.807) is 20.8 Å². The molecule has 6 aliphatic heterocycles. The molecule has 9 aromatic carbocycles.